The van der Waals surface area contributed by atoms with Gasteiger partial charge in [0.05, 0.1) is 6.61 Å². The standard InChI is InChI=1S/C19H25N3O2/c1-2-12-22-18(9-11-21-22)16-7-4-3-6-15(16)14-24-19-8-5-10-20-17(19)13-23/h5,8-11,13,15-16H,2-4,6-7,12,14H2,1H3/t15-,16+/m0/s1. The van der Waals surface area contributed by atoms with Crippen LogP contribution in [0.15, 0.2) is 30.6 Å². The molecule has 0 spiro atoms. The number of pyridine rings is 1. The van der Waals surface area contributed by atoms with E-state index in [9.17, 15) is 4.79 Å². The molecule has 1 aliphatic rings. The van der Waals surface area contributed by atoms with Crippen LogP contribution in [0.5, 0.6) is 5.75 Å². The van der Waals surface area contributed by atoms with Crippen LogP contribution in [-0.4, -0.2) is 27.7 Å². The van der Waals surface area contributed by atoms with Crippen LogP contribution < -0.4 is 4.74 Å². The van der Waals surface area contributed by atoms with Crippen LogP contribution in [0.1, 0.15) is 61.1 Å². The van der Waals surface area contributed by atoms with Gasteiger partial charge in [0.2, 0.25) is 0 Å². The van der Waals surface area contributed by atoms with Crippen LogP contribution in [0.2, 0.25) is 0 Å². The number of aryl methyl sites for hydroxylation is 1. The molecule has 2 aromatic rings. The zero-order valence-corrected chi connectivity index (χ0v) is 14.2. The predicted octanol–water partition coefficient (Wildman–Crippen LogP) is 3.85. The Bertz CT molecular complexity index is 668. The summed E-state index contributed by atoms with van der Waals surface area (Å²) < 4.78 is 8.12. The van der Waals surface area contributed by atoms with Gasteiger partial charge in [-0.1, -0.05) is 19.8 Å². The molecule has 2 heterocycles. The third kappa shape index (κ3) is 3.66. The summed E-state index contributed by atoms with van der Waals surface area (Å²) in [5, 5.41) is 4.48. The van der Waals surface area contributed by atoms with E-state index < -0.39 is 0 Å². The van der Waals surface area contributed by atoms with Crippen molar-refractivity contribution in [1.29, 1.82) is 0 Å². The highest BCUT2D eigenvalue weighted by molar-refractivity contribution is 5.75. The summed E-state index contributed by atoms with van der Waals surface area (Å²) in [4.78, 5) is 15.2. The Morgan fingerprint density at radius 2 is 2.17 bits per heavy atom. The third-order valence-electron chi connectivity index (χ3n) is 4.84. The van der Waals surface area contributed by atoms with Crippen molar-refractivity contribution in [1.82, 2.24) is 14.8 Å². The smallest absolute Gasteiger partial charge is 0.172 e. The van der Waals surface area contributed by atoms with Crippen molar-refractivity contribution in [3.63, 3.8) is 0 Å². The van der Waals surface area contributed by atoms with Gasteiger partial charge in [0.1, 0.15) is 11.4 Å². The van der Waals surface area contributed by atoms with E-state index in [2.05, 4.69) is 27.8 Å². The van der Waals surface area contributed by atoms with E-state index in [1.54, 1.807) is 12.3 Å². The van der Waals surface area contributed by atoms with Crippen molar-refractivity contribution in [2.75, 3.05) is 6.61 Å². The van der Waals surface area contributed by atoms with Gasteiger partial charge in [-0.2, -0.15) is 5.10 Å². The van der Waals surface area contributed by atoms with E-state index in [0.717, 1.165) is 25.7 Å². The lowest BCUT2D eigenvalue weighted by molar-refractivity contribution is 0.111. The minimum Gasteiger partial charge on any atom is -0.491 e. The molecule has 1 aliphatic carbocycles. The van der Waals surface area contributed by atoms with Crippen LogP contribution in [0, 0.1) is 5.92 Å². The average Bonchev–Trinajstić information content (AvgIpc) is 3.09. The summed E-state index contributed by atoms with van der Waals surface area (Å²) in [6, 6.07) is 5.77. The van der Waals surface area contributed by atoms with Crippen LogP contribution in [0.3, 0.4) is 0 Å². The monoisotopic (exact) mass is 327 g/mol. The number of rotatable bonds is 7. The maximum absolute atomic E-state index is 11.1. The van der Waals surface area contributed by atoms with E-state index >= 15 is 0 Å². The molecule has 2 atom stereocenters. The van der Waals surface area contributed by atoms with Crippen LogP contribution in [0.4, 0.5) is 0 Å². The number of carbonyl (C=O) groups is 1. The Hall–Kier alpha value is -2.17. The Morgan fingerprint density at radius 1 is 1.29 bits per heavy atom. The first kappa shape index (κ1) is 16.7. The quantitative estimate of drug-likeness (QED) is 0.725. The van der Waals surface area contributed by atoms with Crippen molar-refractivity contribution in [3.05, 3.63) is 42.0 Å². The minimum absolute atomic E-state index is 0.376. The first-order valence-corrected chi connectivity index (χ1v) is 8.88. The van der Waals surface area contributed by atoms with Crippen molar-refractivity contribution >= 4 is 6.29 Å². The fraction of sp³-hybridized carbons (Fsp3) is 0.526. The summed E-state index contributed by atoms with van der Waals surface area (Å²) >= 11 is 0. The van der Waals surface area contributed by atoms with Crippen molar-refractivity contribution in [3.8, 4) is 5.75 Å². The summed E-state index contributed by atoms with van der Waals surface area (Å²) in [5.74, 6) is 1.51. The second kappa shape index (κ2) is 8.08. The van der Waals surface area contributed by atoms with E-state index in [-0.39, 0.29) is 0 Å². The van der Waals surface area contributed by atoms with Gasteiger partial charge in [-0.15, -0.1) is 0 Å². The molecular formula is C19H25N3O2. The number of aldehydes is 1. The normalized spacial score (nSPS) is 20.7. The van der Waals surface area contributed by atoms with Gasteiger partial charge in [0.25, 0.3) is 0 Å². The van der Waals surface area contributed by atoms with Crippen molar-refractivity contribution in [2.24, 2.45) is 5.92 Å². The van der Waals surface area contributed by atoms with Gasteiger partial charge in [-0.25, -0.2) is 4.98 Å². The number of hydrogen-bond donors (Lipinski definition) is 0. The zero-order valence-electron chi connectivity index (χ0n) is 14.2. The van der Waals surface area contributed by atoms with Crippen LogP contribution in [0.25, 0.3) is 0 Å². The highest BCUT2D eigenvalue weighted by Crippen LogP contribution is 2.38. The Kier molecular flexibility index (Phi) is 5.62. The van der Waals surface area contributed by atoms with Gasteiger partial charge in [-0.05, 0) is 37.5 Å². The molecule has 0 radical (unpaired) electrons. The maximum Gasteiger partial charge on any atom is 0.172 e. The van der Waals surface area contributed by atoms with E-state index in [0.29, 0.717) is 29.9 Å². The van der Waals surface area contributed by atoms with Gasteiger partial charge in [0, 0.05) is 36.5 Å². The second-order valence-corrected chi connectivity index (χ2v) is 6.45. The topological polar surface area (TPSA) is 57.0 Å². The molecule has 0 saturated heterocycles. The number of nitrogens with zero attached hydrogens (tertiary/aromatic N) is 3. The number of aromatic nitrogens is 3. The fourth-order valence-electron chi connectivity index (χ4n) is 3.66. The van der Waals surface area contributed by atoms with E-state index in [1.165, 1.54) is 25.0 Å². The molecule has 0 amide bonds. The van der Waals surface area contributed by atoms with E-state index in [1.807, 2.05) is 12.3 Å². The lowest BCUT2D eigenvalue weighted by Gasteiger charge is -2.32. The third-order valence-corrected chi connectivity index (χ3v) is 4.84. The largest absolute Gasteiger partial charge is 0.491 e. The van der Waals surface area contributed by atoms with Crippen LogP contribution in [-0.2, 0) is 6.54 Å². The molecule has 0 N–H and O–H groups in total. The molecule has 0 aromatic carbocycles. The van der Waals surface area contributed by atoms with Crippen molar-refractivity contribution < 1.29 is 9.53 Å². The van der Waals surface area contributed by atoms with Gasteiger partial charge >= 0.3 is 0 Å². The molecule has 0 unspecified atom stereocenters. The average molecular weight is 327 g/mol. The highest BCUT2D eigenvalue weighted by atomic mass is 16.5. The molecule has 1 saturated carbocycles. The zero-order chi connectivity index (χ0) is 16.8. The molecule has 24 heavy (non-hydrogen) atoms. The summed E-state index contributed by atoms with van der Waals surface area (Å²) in [5.41, 5.74) is 1.70. The number of hydrogen-bond acceptors (Lipinski definition) is 4. The first-order valence-electron chi connectivity index (χ1n) is 8.88. The molecule has 128 valence electrons. The summed E-state index contributed by atoms with van der Waals surface area (Å²) in [7, 11) is 0. The summed E-state index contributed by atoms with van der Waals surface area (Å²) in [6.07, 6.45) is 10.2. The second-order valence-electron chi connectivity index (χ2n) is 6.45. The fourth-order valence-corrected chi connectivity index (χ4v) is 3.66. The molecule has 1 fully saturated rings. The molecular weight excluding hydrogens is 302 g/mol. The van der Waals surface area contributed by atoms with Gasteiger partial charge in [-0.3, -0.25) is 9.48 Å². The number of ether oxygens (including phenoxy) is 1. The van der Waals surface area contributed by atoms with E-state index in [4.69, 9.17) is 4.74 Å². The molecule has 5 nitrogen and oxygen atoms in total. The maximum atomic E-state index is 11.1. The number of carbonyl (C=O) groups excluding carboxylic acids is 1. The Balaban J connectivity index is 1.73. The minimum atomic E-state index is 0.376. The highest BCUT2D eigenvalue weighted by Gasteiger charge is 2.29. The lowest BCUT2D eigenvalue weighted by Crippen LogP contribution is -2.26. The van der Waals surface area contributed by atoms with Gasteiger partial charge < -0.3 is 4.74 Å². The predicted molar refractivity (Wildman–Crippen MR) is 92.3 cm³/mol. The molecule has 5 heteroatoms. The Labute approximate surface area is 143 Å². The first-order chi connectivity index (χ1) is 11.8. The van der Waals surface area contributed by atoms with Crippen molar-refractivity contribution in [2.45, 2.75) is 51.5 Å². The SMILES string of the molecule is CCCn1nccc1[C@@H]1CCCC[C@H]1COc1cccnc1C=O. The van der Waals surface area contributed by atoms with Crippen LogP contribution >= 0.6 is 0 Å². The Morgan fingerprint density at radius 3 is 3.00 bits per heavy atom. The molecule has 2 aromatic heterocycles. The molecule has 0 bridgehead atoms. The van der Waals surface area contributed by atoms with Gasteiger partial charge in [0.15, 0.2) is 6.29 Å². The summed E-state index contributed by atoms with van der Waals surface area (Å²) in [6.45, 7) is 3.76. The molecule has 3 rings (SSSR count). The lowest BCUT2D eigenvalue weighted by atomic mass is 9.78. The molecule has 0 aliphatic heterocycles.